The Balaban J connectivity index is 4.13. The molecule has 0 saturated carbocycles. The summed E-state index contributed by atoms with van der Waals surface area (Å²) in [6, 6.07) is 0.374. The van der Waals surface area contributed by atoms with Crippen molar-refractivity contribution in [2.75, 3.05) is 6.54 Å². The molecule has 0 fully saturated rings. The number of hydrogen-bond donors (Lipinski definition) is 0. The lowest BCUT2D eigenvalue weighted by atomic mass is 10.2. The summed E-state index contributed by atoms with van der Waals surface area (Å²) in [7, 11) is 0. The number of nitrogens with zero attached hydrogens (tertiary/aromatic N) is 1. The van der Waals surface area contributed by atoms with Crippen molar-refractivity contribution in [2.24, 2.45) is 0 Å². The molecule has 0 rings (SSSR count). The molecule has 0 spiro atoms. The molecular weight excluding hydrogens is 162 g/mol. The number of rotatable bonds is 6. The number of hydrogen-bond acceptors (Lipinski definition) is 1. The standard InChI is InChI=1S/C11H22NO/c1-5-8-11(13)12(9-6-2)10(4)7-3/h10H,1,5-9H2,2-4H3. The average molecular weight is 184 g/mol. The zero-order valence-electron chi connectivity index (χ0n) is 9.18. The van der Waals surface area contributed by atoms with Gasteiger partial charge in [-0.15, -0.1) is 0 Å². The molecule has 1 amide bonds. The highest BCUT2D eigenvalue weighted by atomic mass is 16.2. The Hall–Kier alpha value is -0.530. The Morgan fingerprint density at radius 1 is 1.46 bits per heavy atom. The predicted octanol–water partition coefficient (Wildman–Crippen LogP) is 2.64. The summed E-state index contributed by atoms with van der Waals surface area (Å²) >= 11 is 0. The van der Waals surface area contributed by atoms with Gasteiger partial charge in [-0.05, 0) is 26.2 Å². The van der Waals surface area contributed by atoms with Crippen LogP contribution in [0.5, 0.6) is 0 Å². The molecule has 0 aromatic carbocycles. The molecule has 0 aliphatic carbocycles. The van der Waals surface area contributed by atoms with E-state index < -0.39 is 0 Å². The normalized spacial score (nSPS) is 12.6. The smallest absolute Gasteiger partial charge is 0.222 e. The van der Waals surface area contributed by atoms with Crippen LogP contribution in [0.2, 0.25) is 0 Å². The second-order valence-corrected chi connectivity index (χ2v) is 3.45. The lowest BCUT2D eigenvalue weighted by Gasteiger charge is -2.28. The van der Waals surface area contributed by atoms with Crippen LogP contribution in [-0.4, -0.2) is 23.4 Å². The Kier molecular flexibility index (Phi) is 6.65. The van der Waals surface area contributed by atoms with E-state index in [0.717, 1.165) is 19.4 Å². The first-order chi connectivity index (χ1) is 6.17. The number of amides is 1. The molecule has 1 atom stereocenters. The third-order valence-corrected chi connectivity index (χ3v) is 2.30. The van der Waals surface area contributed by atoms with Gasteiger partial charge in [-0.1, -0.05) is 20.8 Å². The van der Waals surface area contributed by atoms with Crippen LogP contribution < -0.4 is 0 Å². The maximum Gasteiger partial charge on any atom is 0.222 e. The minimum absolute atomic E-state index is 0.256. The largest absolute Gasteiger partial charge is 0.340 e. The van der Waals surface area contributed by atoms with Crippen LogP contribution in [0.1, 0.15) is 46.5 Å². The van der Waals surface area contributed by atoms with Crippen molar-refractivity contribution < 1.29 is 4.79 Å². The minimum Gasteiger partial charge on any atom is -0.340 e. The molecule has 2 heteroatoms. The zero-order valence-corrected chi connectivity index (χ0v) is 9.18. The highest BCUT2D eigenvalue weighted by molar-refractivity contribution is 5.76. The summed E-state index contributed by atoms with van der Waals surface area (Å²) in [6.07, 6.45) is 3.36. The van der Waals surface area contributed by atoms with Gasteiger partial charge >= 0.3 is 0 Å². The van der Waals surface area contributed by atoms with Crippen LogP contribution in [-0.2, 0) is 4.79 Å². The summed E-state index contributed by atoms with van der Waals surface area (Å²) in [5, 5.41) is 0. The summed E-state index contributed by atoms with van der Waals surface area (Å²) in [5.74, 6) is 0.256. The number of carbonyl (C=O) groups is 1. The highest BCUT2D eigenvalue weighted by Gasteiger charge is 2.16. The van der Waals surface area contributed by atoms with Gasteiger partial charge in [-0.25, -0.2) is 0 Å². The van der Waals surface area contributed by atoms with Crippen LogP contribution in [0.4, 0.5) is 0 Å². The van der Waals surface area contributed by atoms with E-state index >= 15 is 0 Å². The van der Waals surface area contributed by atoms with E-state index in [1.54, 1.807) is 0 Å². The fraction of sp³-hybridized carbons (Fsp3) is 0.818. The third kappa shape index (κ3) is 4.30. The molecule has 2 nitrogen and oxygen atoms in total. The SMILES string of the molecule is [CH2]CCC(=O)N(CCC)C(C)CC. The van der Waals surface area contributed by atoms with Gasteiger partial charge in [0.25, 0.3) is 0 Å². The molecule has 0 aromatic rings. The fourth-order valence-corrected chi connectivity index (χ4v) is 1.35. The second kappa shape index (κ2) is 6.93. The molecule has 1 unspecified atom stereocenters. The van der Waals surface area contributed by atoms with Gasteiger partial charge in [-0.2, -0.15) is 0 Å². The fourth-order valence-electron chi connectivity index (χ4n) is 1.35. The van der Waals surface area contributed by atoms with E-state index in [0.29, 0.717) is 18.9 Å². The lowest BCUT2D eigenvalue weighted by molar-refractivity contribution is -0.133. The van der Waals surface area contributed by atoms with Gasteiger partial charge in [0.1, 0.15) is 0 Å². The zero-order chi connectivity index (χ0) is 10.3. The van der Waals surface area contributed by atoms with Crippen molar-refractivity contribution in [2.45, 2.75) is 52.5 Å². The van der Waals surface area contributed by atoms with E-state index in [-0.39, 0.29) is 5.91 Å². The Labute approximate surface area is 82.3 Å². The van der Waals surface area contributed by atoms with Gasteiger partial charge in [0.15, 0.2) is 0 Å². The van der Waals surface area contributed by atoms with Crippen LogP contribution >= 0.6 is 0 Å². The quantitative estimate of drug-likeness (QED) is 0.621. The second-order valence-electron chi connectivity index (χ2n) is 3.45. The first-order valence-corrected chi connectivity index (χ1v) is 5.26. The summed E-state index contributed by atoms with van der Waals surface area (Å²) in [4.78, 5) is 13.6. The minimum atomic E-state index is 0.256. The Bertz CT molecular complexity index is 145. The summed E-state index contributed by atoms with van der Waals surface area (Å²) in [6.45, 7) is 10.9. The molecule has 0 bridgehead atoms. The maximum absolute atomic E-state index is 11.6. The third-order valence-electron chi connectivity index (χ3n) is 2.30. The molecule has 0 N–H and O–H groups in total. The predicted molar refractivity (Wildman–Crippen MR) is 56.3 cm³/mol. The summed E-state index contributed by atoms with van der Waals surface area (Å²) in [5.41, 5.74) is 0. The van der Waals surface area contributed by atoms with Crippen molar-refractivity contribution in [3.8, 4) is 0 Å². The molecule has 0 aliphatic heterocycles. The van der Waals surface area contributed by atoms with E-state index in [4.69, 9.17) is 0 Å². The highest BCUT2D eigenvalue weighted by Crippen LogP contribution is 2.07. The van der Waals surface area contributed by atoms with Gasteiger partial charge < -0.3 is 4.90 Å². The first-order valence-electron chi connectivity index (χ1n) is 5.26. The Morgan fingerprint density at radius 2 is 2.08 bits per heavy atom. The first kappa shape index (κ1) is 12.5. The van der Waals surface area contributed by atoms with Crippen LogP contribution in [0, 0.1) is 6.92 Å². The molecule has 0 aliphatic rings. The monoisotopic (exact) mass is 184 g/mol. The van der Waals surface area contributed by atoms with Gasteiger partial charge in [0.05, 0.1) is 0 Å². The van der Waals surface area contributed by atoms with Gasteiger partial charge in [0.2, 0.25) is 5.91 Å². The van der Waals surface area contributed by atoms with Crippen molar-refractivity contribution in [3.05, 3.63) is 6.92 Å². The lowest BCUT2D eigenvalue weighted by Crippen LogP contribution is -2.38. The number of carbonyl (C=O) groups excluding carboxylic acids is 1. The van der Waals surface area contributed by atoms with Crippen molar-refractivity contribution in [1.29, 1.82) is 0 Å². The molecule has 0 saturated heterocycles. The average Bonchev–Trinajstić information content (AvgIpc) is 2.13. The van der Waals surface area contributed by atoms with E-state index in [1.807, 2.05) is 4.90 Å². The van der Waals surface area contributed by atoms with Crippen LogP contribution in [0.15, 0.2) is 0 Å². The molecule has 13 heavy (non-hydrogen) atoms. The van der Waals surface area contributed by atoms with E-state index in [1.165, 1.54) is 0 Å². The molecule has 0 aromatic heterocycles. The van der Waals surface area contributed by atoms with Crippen molar-refractivity contribution in [3.63, 3.8) is 0 Å². The Morgan fingerprint density at radius 3 is 2.46 bits per heavy atom. The van der Waals surface area contributed by atoms with Gasteiger partial charge in [-0.3, -0.25) is 4.79 Å². The molecular formula is C11H22NO. The molecule has 0 heterocycles. The summed E-state index contributed by atoms with van der Waals surface area (Å²) < 4.78 is 0. The molecule has 77 valence electrons. The van der Waals surface area contributed by atoms with Crippen molar-refractivity contribution in [1.82, 2.24) is 4.90 Å². The topological polar surface area (TPSA) is 20.3 Å². The maximum atomic E-state index is 11.6. The van der Waals surface area contributed by atoms with E-state index in [9.17, 15) is 4.79 Å². The van der Waals surface area contributed by atoms with Crippen molar-refractivity contribution >= 4 is 5.91 Å². The van der Waals surface area contributed by atoms with E-state index in [2.05, 4.69) is 27.7 Å². The molecule has 1 radical (unpaired) electrons. The van der Waals surface area contributed by atoms with Gasteiger partial charge in [0, 0.05) is 19.0 Å². The van der Waals surface area contributed by atoms with Crippen LogP contribution in [0.25, 0.3) is 0 Å². The van der Waals surface area contributed by atoms with Crippen LogP contribution in [0.3, 0.4) is 0 Å².